The average molecular weight is 279 g/mol. The lowest BCUT2D eigenvalue weighted by Gasteiger charge is -2.36. The maximum atomic E-state index is 13.8. The first-order valence-corrected chi connectivity index (χ1v) is 6.95. The zero-order chi connectivity index (χ0) is 14.9. The van der Waals surface area contributed by atoms with Crippen LogP contribution >= 0.6 is 0 Å². The molecule has 2 rings (SSSR count). The summed E-state index contributed by atoms with van der Waals surface area (Å²) in [6.45, 7) is 4.90. The van der Waals surface area contributed by atoms with E-state index in [2.05, 4.69) is 24.2 Å². The Morgan fingerprint density at radius 2 is 2.20 bits per heavy atom. The number of nitrogens with zero attached hydrogens (tertiary/aromatic N) is 1. The van der Waals surface area contributed by atoms with Crippen LogP contribution in [0.5, 0.6) is 0 Å². The molecule has 3 N–H and O–H groups in total. The van der Waals surface area contributed by atoms with E-state index in [1.165, 1.54) is 6.07 Å². The Morgan fingerprint density at radius 3 is 2.80 bits per heavy atom. The summed E-state index contributed by atoms with van der Waals surface area (Å²) < 4.78 is 13.8. The second-order valence-electron chi connectivity index (χ2n) is 5.69. The molecule has 1 aromatic rings. The summed E-state index contributed by atoms with van der Waals surface area (Å²) in [6.07, 6.45) is 2.00. The number of halogens is 1. The van der Waals surface area contributed by atoms with Crippen molar-refractivity contribution in [2.24, 2.45) is 5.73 Å². The van der Waals surface area contributed by atoms with Crippen LogP contribution in [0.2, 0.25) is 0 Å². The normalized spacial score (nSPS) is 23.6. The highest BCUT2D eigenvalue weighted by molar-refractivity contribution is 5.94. The van der Waals surface area contributed by atoms with Crippen molar-refractivity contribution in [1.82, 2.24) is 4.90 Å². The van der Waals surface area contributed by atoms with Crippen molar-refractivity contribution in [3.63, 3.8) is 0 Å². The lowest BCUT2D eigenvalue weighted by Crippen LogP contribution is -2.42. The van der Waals surface area contributed by atoms with E-state index in [0.717, 1.165) is 19.4 Å². The fourth-order valence-corrected chi connectivity index (χ4v) is 2.61. The molecular weight excluding hydrogens is 257 g/mol. The van der Waals surface area contributed by atoms with Gasteiger partial charge in [-0.2, -0.15) is 0 Å². The minimum Gasteiger partial charge on any atom is -0.382 e. The summed E-state index contributed by atoms with van der Waals surface area (Å²) in [6, 6.07) is 3.62. The van der Waals surface area contributed by atoms with Crippen molar-refractivity contribution < 1.29 is 9.18 Å². The van der Waals surface area contributed by atoms with Gasteiger partial charge >= 0.3 is 0 Å². The van der Waals surface area contributed by atoms with Gasteiger partial charge in [0.25, 0.3) is 0 Å². The number of primary amides is 1. The van der Waals surface area contributed by atoms with Crippen LogP contribution in [-0.2, 0) is 0 Å². The van der Waals surface area contributed by atoms with Gasteiger partial charge in [0.1, 0.15) is 5.82 Å². The fraction of sp³-hybridized carbons (Fsp3) is 0.533. The lowest BCUT2D eigenvalue weighted by molar-refractivity contribution is 0.1000. The topological polar surface area (TPSA) is 58.4 Å². The molecule has 1 aromatic carbocycles. The van der Waals surface area contributed by atoms with Crippen LogP contribution < -0.4 is 11.1 Å². The lowest BCUT2D eigenvalue weighted by atomic mass is 9.98. The van der Waals surface area contributed by atoms with E-state index in [4.69, 9.17) is 5.73 Å². The van der Waals surface area contributed by atoms with Gasteiger partial charge in [-0.1, -0.05) is 0 Å². The fourth-order valence-electron chi connectivity index (χ4n) is 2.61. The molecule has 1 aliphatic heterocycles. The molecule has 0 saturated carbocycles. The molecule has 1 aliphatic rings. The molecule has 20 heavy (non-hydrogen) atoms. The molecular formula is C15H22FN3O. The predicted octanol–water partition coefficient (Wildman–Crippen LogP) is 2.13. The van der Waals surface area contributed by atoms with Crippen molar-refractivity contribution in [3.8, 4) is 0 Å². The van der Waals surface area contributed by atoms with E-state index in [0.29, 0.717) is 23.3 Å². The van der Waals surface area contributed by atoms with Gasteiger partial charge in [0.15, 0.2) is 0 Å². The molecule has 0 aliphatic carbocycles. The number of piperidine rings is 1. The third-order valence-corrected chi connectivity index (χ3v) is 4.20. The Balaban J connectivity index is 2.18. The van der Waals surface area contributed by atoms with E-state index in [9.17, 15) is 9.18 Å². The summed E-state index contributed by atoms with van der Waals surface area (Å²) in [5.41, 5.74) is 6.64. The summed E-state index contributed by atoms with van der Waals surface area (Å²) >= 11 is 0. The van der Waals surface area contributed by atoms with Gasteiger partial charge in [-0.25, -0.2) is 4.39 Å². The zero-order valence-corrected chi connectivity index (χ0v) is 12.2. The second-order valence-corrected chi connectivity index (χ2v) is 5.69. The monoisotopic (exact) mass is 279 g/mol. The number of carbonyl (C=O) groups excluding carboxylic acids is 1. The minimum atomic E-state index is -0.608. The standard InChI is InChI=1S/C15H22FN3O/c1-9-6-12(4-5-19(9)3)18-14-8-11(15(17)20)7-13(16)10(14)2/h7-9,12,18H,4-6H2,1-3H3,(H2,17,20). The van der Waals surface area contributed by atoms with Crippen LogP contribution in [0.4, 0.5) is 10.1 Å². The Morgan fingerprint density at radius 1 is 1.50 bits per heavy atom. The maximum absolute atomic E-state index is 13.8. The number of carbonyl (C=O) groups is 1. The Bertz CT molecular complexity index is 518. The number of benzene rings is 1. The first-order chi connectivity index (χ1) is 9.38. The first kappa shape index (κ1) is 14.8. The molecule has 1 amide bonds. The van der Waals surface area contributed by atoms with Crippen LogP contribution in [0.15, 0.2) is 12.1 Å². The molecule has 2 atom stereocenters. The molecule has 0 radical (unpaired) electrons. The van der Waals surface area contributed by atoms with Gasteiger partial charge in [-0.3, -0.25) is 4.79 Å². The quantitative estimate of drug-likeness (QED) is 0.891. The van der Waals surface area contributed by atoms with Crippen molar-refractivity contribution in [2.45, 2.75) is 38.8 Å². The molecule has 2 unspecified atom stereocenters. The van der Waals surface area contributed by atoms with E-state index in [1.54, 1.807) is 13.0 Å². The van der Waals surface area contributed by atoms with E-state index in [-0.39, 0.29) is 5.56 Å². The minimum absolute atomic E-state index is 0.205. The van der Waals surface area contributed by atoms with E-state index >= 15 is 0 Å². The molecule has 5 heteroatoms. The SMILES string of the molecule is Cc1c(F)cc(C(N)=O)cc1NC1CCN(C)C(C)C1. The summed E-state index contributed by atoms with van der Waals surface area (Å²) in [5, 5.41) is 3.36. The van der Waals surface area contributed by atoms with Crippen molar-refractivity contribution >= 4 is 11.6 Å². The highest BCUT2D eigenvalue weighted by atomic mass is 19.1. The van der Waals surface area contributed by atoms with Gasteiger partial charge in [0, 0.05) is 35.4 Å². The van der Waals surface area contributed by atoms with E-state index < -0.39 is 11.7 Å². The highest BCUT2D eigenvalue weighted by Gasteiger charge is 2.23. The number of likely N-dealkylation sites (tertiary alicyclic amines) is 1. The number of amides is 1. The van der Waals surface area contributed by atoms with Gasteiger partial charge in [-0.15, -0.1) is 0 Å². The van der Waals surface area contributed by atoms with Gasteiger partial charge in [-0.05, 0) is 45.9 Å². The summed E-state index contributed by atoms with van der Waals surface area (Å²) in [5.74, 6) is -1.01. The molecule has 0 aromatic heterocycles. The molecule has 0 bridgehead atoms. The molecule has 0 spiro atoms. The summed E-state index contributed by atoms with van der Waals surface area (Å²) in [4.78, 5) is 13.5. The molecule has 1 fully saturated rings. The summed E-state index contributed by atoms with van der Waals surface area (Å²) in [7, 11) is 2.11. The zero-order valence-electron chi connectivity index (χ0n) is 12.2. The molecule has 1 saturated heterocycles. The predicted molar refractivity (Wildman–Crippen MR) is 78.4 cm³/mol. The van der Waals surface area contributed by atoms with Crippen LogP contribution in [0, 0.1) is 12.7 Å². The van der Waals surface area contributed by atoms with Crippen LogP contribution in [0.1, 0.15) is 35.7 Å². The number of anilines is 1. The molecule has 110 valence electrons. The first-order valence-electron chi connectivity index (χ1n) is 6.95. The second kappa shape index (κ2) is 5.79. The van der Waals surface area contributed by atoms with Crippen molar-refractivity contribution in [1.29, 1.82) is 0 Å². The van der Waals surface area contributed by atoms with Crippen LogP contribution in [0.3, 0.4) is 0 Å². The smallest absolute Gasteiger partial charge is 0.248 e. The third-order valence-electron chi connectivity index (χ3n) is 4.20. The maximum Gasteiger partial charge on any atom is 0.248 e. The Kier molecular flexibility index (Phi) is 4.28. The van der Waals surface area contributed by atoms with Crippen LogP contribution in [-0.4, -0.2) is 36.5 Å². The van der Waals surface area contributed by atoms with E-state index in [1.807, 2.05) is 0 Å². The van der Waals surface area contributed by atoms with Crippen LogP contribution in [0.25, 0.3) is 0 Å². The number of hydrogen-bond acceptors (Lipinski definition) is 3. The number of hydrogen-bond donors (Lipinski definition) is 2. The Labute approximate surface area is 119 Å². The number of nitrogens with two attached hydrogens (primary N) is 1. The molecule has 4 nitrogen and oxygen atoms in total. The molecule has 1 heterocycles. The van der Waals surface area contributed by atoms with Crippen molar-refractivity contribution in [3.05, 3.63) is 29.1 Å². The third kappa shape index (κ3) is 3.10. The number of nitrogens with one attached hydrogen (secondary N) is 1. The largest absolute Gasteiger partial charge is 0.382 e. The van der Waals surface area contributed by atoms with Gasteiger partial charge in [0.2, 0.25) is 5.91 Å². The average Bonchev–Trinajstić information content (AvgIpc) is 2.38. The number of rotatable bonds is 3. The van der Waals surface area contributed by atoms with Crippen molar-refractivity contribution in [2.75, 3.05) is 18.9 Å². The Hall–Kier alpha value is -1.62. The van der Waals surface area contributed by atoms with Gasteiger partial charge in [0.05, 0.1) is 0 Å². The van der Waals surface area contributed by atoms with Gasteiger partial charge < -0.3 is 16.0 Å². The highest BCUT2D eigenvalue weighted by Crippen LogP contribution is 2.25.